The molecular formula is C6H7N5S2. The quantitative estimate of drug-likeness (QED) is 0.768. The van der Waals surface area contributed by atoms with E-state index in [0.717, 1.165) is 17.2 Å². The van der Waals surface area contributed by atoms with Gasteiger partial charge in [-0.15, -0.1) is 5.10 Å². The zero-order valence-corrected chi connectivity index (χ0v) is 8.52. The van der Waals surface area contributed by atoms with E-state index in [-0.39, 0.29) is 0 Å². The smallest absolute Gasteiger partial charge is 0.195 e. The lowest BCUT2D eigenvalue weighted by atomic mass is 10.5. The van der Waals surface area contributed by atoms with Crippen LogP contribution in [0.25, 0.3) is 10.7 Å². The highest BCUT2D eigenvalue weighted by molar-refractivity contribution is 7.71. The molecule has 2 aromatic heterocycles. The molecule has 0 aliphatic heterocycles. The average molecular weight is 213 g/mol. The Hall–Kier alpha value is -1.08. The summed E-state index contributed by atoms with van der Waals surface area (Å²) < 4.78 is 6.31. The second-order valence-electron chi connectivity index (χ2n) is 2.38. The van der Waals surface area contributed by atoms with Gasteiger partial charge in [-0.3, -0.25) is 9.67 Å². The summed E-state index contributed by atoms with van der Waals surface area (Å²) in [6, 6.07) is 0. The standard InChI is InChI=1S/C6H7N5S2/c1-2-11-5(8-9-6(11)12)4-3-7-10-13-4/h3H,2H2,1H3,(H,9,12). The molecule has 2 aromatic rings. The molecule has 5 nitrogen and oxygen atoms in total. The molecule has 0 amide bonds. The number of H-pyrrole nitrogens is 1. The van der Waals surface area contributed by atoms with Crippen molar-refractivity contribution in [2.75, 3.05) is 0 Å². The van der Waals surface area contributed by atoms with Gasteiger partial charge in [0.2, 0.25) is 0 Å². The Labute approximate surface area is 83.6 Å². The summed E-state index contributed by atoms with van der Waals surface area (Å²) in [5, 5.41) is 10.6. The molecule has 0 radical (unpaired) electrons. The fourth-order valence-electron chi connectivity index (χ4n) is 1.06. The molecule has 0 spiro atoms. The van der Waals surface area contributed by atoms with Crippen LogP contribution in [0.3, 0.4) is 0 Å². The van der Waals surface area contributed by atoms with E-state index < -0.39 is 0 Å². The van der Waals surface area contributed by atoms with E-state index >= 15 is 0 Å². The Balaban J connectivity index is 2.58. The highest BCUT2D eigenvalue weighted by Gasteiger charge is 2.08. The van der Waals surface area contributed by atoms with Gasteiger partial charge in [-0.2, -0.15) is 5.10 Å². The minimum absolute atomic E-state index is 0.630. The summed E-state index contributed by atoms with van der Waals surface area (Å²) in [5.41, 5.74) is 0. The lowest BCUT2D eigenvalue weighted by Gasteiger charge is -1.97. The van der Waals surface area contributed by atoms with Gasteiger partial charge in [0.05, 0.1) is 6.20 Å². The largest absolute Gasteiger partial charge is 0.300 e. The third-order valence-corrected chi connectivity index (χ3v) is 2.63. The first-order chi connectivity index (χ1) is 6.33. The summed E-state index contributed by atoms with van der Waals surface area (Å²) >= 11 is 6.36. The zero-order valence-electron chi connectivity index (χ0n) is 6.89. The van der Waals surface area contributed by atoms with Gasteiger partial charge in [0, 0.05) is 6.54 Å². The van der Waals surface area contributed by atoms with Gasteiger partial charge < -0.3 is 0 Å². The van der Waals surface area contributed by atoms with Crippen molar-refractivity contribution in [2.24, 2.45) is 0 Å². The van der Waals surface area contributed by atoms with Crippen molar-refractivity contribution < 1.29 is 0 Å². The number of aromatic nitrogens is 5. The van der Waals surface area contributed by atoms with E-state index in [2.05, 4.69) is 19.8 Å². The first-order valence-corrected chi connectivity index (χ1v) is 4.94. The molecule has 0 bridgehead atoms. The summed E-state index contributed by atoms with van der Waals surface area (Å²) in [5.74, 6) is 0.808. The van der Waals surface area contributed by atoms with Gasteiger partial charge in [0.25, 0.3) is 0 Å². The molecule has 0 aliphatic carbocycles. The summed E-state index contributed by atoms with van der Waals surface area (Å²) in [6.45, 7) is 2.81. The highest BCUT2D eigenvalue weighted by atomic mass is 32.1. The zero-order chi connectivity index (χ0) is 9.26. The Morgan fingerprint density at radius 2 is 2.54 bits per heavy atom. The van der Waals surface area contributed by atoms with Gasteiger partial charge in [-0.25, -0.2) is 0 Å². The fourth-order valence-corrected chi connectivity index (χ4v) is 1.84. The maximum Gasteiger partial charge on any atom is 0.195 e. The number of hydrogen-bond acceptors (Lipinski definition) is 5. The number of aromatic amines is 1. The predicted molar refractivity (Wildman–Crippen MR) is 52.0 cm³/mol. The second-order valence-corrected chi connectivity index (χ2v) is 3.55. The number of hydrogen-bond donors (Lipinski definition) is 1. The Kier molecular flexibility index (Phi) is 2.19. The molecule has 68 valence electrons. The van der Waals surface area contributed by atoms with Gasteiger partial charge in [-0.05, 0) is 30.7 Å². The molecule has 0 aliphatic rings. The van der Waals surface area contributed by atoms with Crippen molar-refractivity contribution in [1.82, 2.24) is 24.4 Å². The number of nitrogens with one attached hydrogen (secondary N) is 1. The topological polar surface area (TPSA) is 59.4 Å². The van der Waals surface area contributed by atoms with Crippen LogP contribution in [0.4, 0.5) is 0 Å². The van der Waals surface area contributed by atoms with E-state index in [0.29, 0.717) is 4.77 Å². The Morgan fingerprint density at radius 1 is 1.69 bits per heavy atom. The summed E-state index contributed by atoms with van der Waals surface area (Å²) in [7, 11) is 0. The monoisotopic (exact) mass is 213 g/mol. The molecule has 0 saturated carbocycles. The molecule has 2 rings (SSSR count). The van der Waals surface area contributed by atoms with E-state index in [9.17, 15) is 0 Å². The lowest BCUT2D eigenvalue weighted by Crippen LogP contribution is -1.96. The van der Waals surface area contributed by atoms with Crippen LogP contribution in [0, 0.1) is 4.77 Å². The van der Waals surface area contributed by atoms with Crippen LogP contribution < -0.4 is 0 Å². The van der Waals surface area contributed by atoms with Gasteiger partial charge >= 0.3 is 0 Å². The molecular weight excluding hydrogens is 206 g/mol. The number of nitrogens with zero attached hydrogens (tertiary/aromatic N) is 4. The first-order valence-electron chi connectivity index (χ1n) is 3.76. The minimum atomic E-state index is 0.630. The third-order valence-electron chi connectivity index (χ3n) is 1.66. The molecule has 0 fully saturated rings. The van der Waals surface area contributed by atoms with E-state index in [1.807, 2.05) is 11.5 Å². The van der Waals surface area contributed by atoms with E-state index in [4.69, 9.17) is 12.2 Å². The van der Waals surface area contributed by atoms with E-state index in [1.54, 1.807) is 6.20 Å². The summed E-state index contributed by atoms with van der Waals surface area (Å²) in [4.78, 5) is 0.925. The van der Waals surface area contributed by atoms with Crippen molar-refractivity contribution in [2.45, 2.75) is 13.5 Å². The second kappa shape index (κ2) is 3.35. The third kappa shape index (κ3) is 1.40. The maximum absolute atomic E-state index is 5.05. The van der Waals surface area contributed by atoms with Crippen LogP contribution in [0.2, 0.25) is 0 Å². The molecule has 0 saturated heterocycles. The molecule has 0 aromatic carbocycles. The highest BCUT2D eigenvalue weighted by Crippen LogP contribution is 2.18. The number of rotatable bonds is 2. The van der Waals surface area contributed by atoms with Crippen LogP contribution in [-0.4, -0.2) is 24.4 Å². The SMILES string of the molecule is CCn1c(-c2cnns2)n[nH]c1=S. The first kappa shape index (κ1) is 8.52. The maximum atomic E-state index is 5.05. The Bertz CT molecular complexity index is 440. The molecule has 13 heavy (non-hydrogen) atoms. The molecule has 0 atom stereocenters. The molecule has 2 heterocycles. The predicted octanol–water partition coefficient (Wildman–Crippen LogP) is 1.48. The van der Waals surface area contributed by atoms with Crippen LogP contribution in [0.15, 0.2) is 6.20 Å². The van der Waals surface area contributed by atoms with Gasteiger partial charge in [0.1, 0.15) is 4.88 Å². The van der Waals surface area contributed by atoms with Crippen molar-refractivity contribution in [3.8, 4) is 10.7 Å². The fraction of sp³-hybridized carbons (Fsp3) is 0.333. The molecule has 1 N–H and O–H groups in total. The van der Waals surface area contributed by atoms with Crippen molar-refractivity contribution in [3.05, 3.63) is 11.0 Å². The van der Waals surface area contributed by atoms with Crippen LogP contribution in [0.5, 0.6) is 0 Å². The van der Waals surface area contributed by atoms with Crippen molar-refractivity contribution in [3.63, 3.8) is 0 Å². The van der Waals surface area contributed by atoms with Gasteiger partial charge in [-0.1, -0.05) is 4.49 Å². The van der Waals surface area contributed by atoms with Crippen LogP contribution >= 0.6 is 23.8 Å². The van der Waals surface area contributed by atoms with Crippen LogP contribution in [0.1, 0.15) is 6.92 Å². The van der Waals surface area contributed by atoms with Crippen LogP contribution in [-0.2, 0) is 6.54 Å². The lowest BCUT2D eigenvalue weighted by molar-refractivity contribution is 0.756. The van der Waals surface area contributed by atoms with Crippen molar-refractivity contribution in [1.29, 1.82) is 0 Å². The van der Waals surface area contributed by atoms with Gasteiger partial charge in [0.15, 0.2) is 10.6 Å². The molecule has 0 unspecified atom stereocenters. The average Bonchev–Trinajstić information content (AvgIpc) is 2.71. The molecule has 7 heteroatoms. The summed E-state index contributed by atoms with van der Waals surface area (Å²) in [6.07, 6.45) is 1.68. The van der Waals surface area contributed by atoms with E-state index in [1.165, 1.54) is 11.5 Å². The van der Waals surface area contributed by atoms with Crippen molar-refractivity contribution >= 4 is 23.8 Å². The minimum Gasteiger partial charge on any atom is -0.300 e. The normalized spacial score (nSPS) is 10.5. The Morgan fingerprint density at radius 3 is 3.15 bits per heavy atom.